The van der Waals surface area contributed by atoms with E-state index in [4.69, 9.17) is 4.42 Å². The topological polar surface area (TPSA) is 28.4 Å². The molecule has 3 heteroatoms. The average Bonchev–Trinajstić information content (AvgIpc) is 2.76. The molecule has 1 aromatic heterocycles. The number of aryl methyl sites for hydroxylation is 1. The van der Waals surface area contributed by atoms with Gasteiger partial charge in [0, 0.05) is 6.54 Å². The zero-order valence-corrected chi connectivity index (χ0v) is 12.7. The fourth-order valence-electron chi connectivity index (χ4n) is 2.93. The van der Waals surface area contributed by atoms with Crippen LogP contribution in [-0.4, -0.2) is 24.5 Å². The van der Waals surface area contributed by atoms with Gasteiger partial charge in [0.1, 0.15) is 11.5 Å². The van der Waals surface area contributed by atoms with E-state index in [0.29, 0.717) is 0 Å². The zero-order chi connectivity index (χ0) is 13.7. The van der Waals surface area contributed by atoms with E-state index in [-0.39, 0.29) is 0 Å². The summed E-state index contributed by atoms with van der Waals surface area (Å²) in [7, 11) is 0. The molecule has 19 heavy (non-hydrogen) atoms. The van der Waals surface area contributed by atoms with Crippen LogP contribution in [-0.2, 0) is 13.1 Å². The molecule has 0 bridgehead atoms. The Kier molecular flexibility index (Phi) is 5.46. The maximum absolute atomic E-state index is 5.98. The van der Waals surface area contributed by atoms with Crippen LogP contribution in [0.2, 0.25) is 0 Å². The standard InChI is InChI=1S/C16H28N2O/c1-4-14-7-6-8-18(11-14)12-15-9-13(3)16(19-15)10-17-5-2/h9,14,17H,4-8,10-12H2,1-3H3. The lowest BCUT2D eigenvalue weighted by molar-refractivity contribution is 0.153. The van der Waals surface area contributed by atoms with Gasteiger partial charge in [-0.3, -0.25) is 4.90 Å². The number of rotatable bonds is 6. The first kappa shape index (κ1) is 14.6. The highest BCUT2D eigenvalue weighted by molar-refractivity contribution is 5.20. The van der Waals surface area contributed by atoms with Crippen LogP contribution in [0.25, 0.3) is 0 Å². The number of piperidine rings is 1. The highest BCUT2D eigenvalue weighted by Gasteiger charge is 2.19. The van der Waals surface area contributed by atoms with Gasteiger partial charge in [0.05, 0.1) is 13.1 Å². The van der Waals surface area contributed by atoms with Gasteiger partial charge in [-0.2, -0.15) is 0 Å². The van der Waals surface area contributed by atoms with E-state index < -0.39 is 0 Å². The SMILES string of the molecule is CCNCc1oc(CN2CCCC(CC)C2)cc1C. The van der Waals surface area contributed by atoms with Gasteiger partial charge in [0.2, 0.25) is 0 Å². The Morgan fingerprint density at radius 3 is 3.00 bits per heavy atom. The summed E-state index contributed by atoms with van der Waals surface area (Å²) in [5.41, 5.74) is 1.28. The van der Waals surface area contributed by atoms with Gasteiger partial charge in [0.15, 0.2) is 0 Å². The van der Waals surface area contributed by atoms with Crippen LogP contribution in [0.5, 0.6) is 0 Å². The van der Waals surface area contributed by atoms with Gasteiger partial charge in [0.25, 0.3) is 0 Å². The molecule has 1 aromatic rings. The fraction of sp³-hybridized carbons (Fsp3) is 0.750. The second-order valence-corrected chi connectivity index (χ2v) is 5.75. The molecule has 1 aliphatic heterocycles. The lowest BCUT2D eigenvalue weighted by Gasteiger charge is -2.31. The van der Waals surface area contributed by atoms with Gasteiger partial charge >= 0.3 is 0 Å². The lowest BCUT2D eigenvalue weighted by atomic mass is 9.96. The third-order valence-electron chi connectivity index (χ3n) is 4.17. The molecule has 3 nitrogen and oxygen atoms in total. The van der Waals surface area contributed by atoms with Gasteiger partial charge in [-0.05, 0) is 50.4 Å². The van der Waals surface area contributed by atoms with Crippen LogP contribution in [0.4, 0.5) is 0 Å². The summed E-state index contributed by atoms with van der Waals surface area (Å²) in [4.78, 5) is 2.55. The molecule has 0 aliphatic carbocycles. The Labute approximate surface area is 117 Å². The number of likely N-dealkylation sites (tertiary alicyclic amines) is 1. The molecule has 1 atom stereocenters. The van der Waals surface area contributed by atoms with Crippen molar-refractivity contribution in [2.24, 2.45) is 5.92 Å². The highest BCUT2D eigenvalue weighted by atomic mass is 16.3. The highest BCUT2D eigenvalue weighted by Crippen LogP contribution is 2.22. The molecule has 1 fully saturated rings. The van der Waals surface area contributed by atoms with Crippen molar-refractivity contribution in [2.45, 2.75) is 53.1 Å². The molecule has 2 heterocycles. The number of nitrogens with one attached hydrogen (secondary N) is 1. The summed E-state index contributed by atoms with van der Waals surface area (Å²) in [6, 6.07) is 2.21. The van der Waals surface area contributed by atoms with Crippen molar-refractivity contribution in [3.8, 4) is 0 Å². The summed E-state index contributed by atoms with van der Waals surface area (Å²) < 4.78 is 5.98. The molecule has 0 aromatic carbocycles. The summed E-state index contributed by atoms with van der Waals surface area (Å²) in [6.07, 6.45) is 4.04. The maximum atomic E-state index is 5.98. The number of hydrogen-bond donors (Lipinski definition) is 1. The van der Waals surface area contributed by atoms with Crippen LogP contribution in [0.1, 0.15) is 50.2 Å². The van der Waals surface area contributed by atoms with Gasteiger partial charge < -0.3 is 9.73 Å². The minimum Gasteiger partial charge on any atom is -0.463 e. The van der Waals surface area contributed by atoms with E-state index in [9.17, 15) is 0 Å². The third-order valence-corrected chi connectivity index (χ3v) is 4.17. The van der Waals surface area contributed by atoms with Gasteiger partial charge in [-0.1, -0.05) is 20.3 Å². The average molecular weight is 264 g/mol. The van der Waals surface area contributed by atoms with E-state index in [2.05, 4.69) is 37.1 Å². The summed E-state index contributed by atoms with van der Waals surface area (Å²) in [5.74, 6) is 3.11. The molecule has 0 spiro atoms. The van der Waals surface area contributed by atoms with Crippen LogP contribution in [0.15, 0.2) is 10.5 Å². The van der Waals surface area contributed by atoms with Crippen LogP contribution in [0, 0.1) is 12.8 Å². The molecular weight excluding hydrogens is 236 g/mol. The van der Waals surface area contributed by atoms with Gasteiger partial charge in [-0.15, -0.1) is 0 Å². The van der Waals surface area contributed by atoms with Crippen molar-refractivity contribution in [1.29, 1.82) is 0 Å². The molecule has 0 amide bonds. The predicted octanol–water partition coefficient (Wildman–Crippen LogP) is 3.32. The predicted molar refractivity (Wildman–Crippen MR) is 79.1 cm³/mol. The molecule has 0 saturated carbocycles. The molecule has 108 valence electrons. The monoisotopic (exact) mass is 264 g/mol. The van der Waals surface area contributed by atoms with E-state index in [1.54, 1.807) is 0 Å². The minimum atomic E-state index is 0.847. The molecular formula is C16H28N2O. The lowest BCUT2D eigenvalue weighted by Crippen LogP contribution is -2.34. The fourth-order valence-corrected chi connectivity index (χ4v) is 2.93. The molecule has 1 saturated heterocycles. The van der Waals surface area contributed by atoms with Crippen molar-refractivity contribution in [2.75, 3.05) is 19.6 Å². The molecule has 1 aliphatic rings. The van der Waals surface area contributed by atoms with Crippen LogP contribution in [0.3, 0.4) is 0 Å². The second kappa shape index (κ2) is 7.11. The smallest absolute Gasteiger partial charge is 0.120 e. The van der Waals surface area contributed by atoms with Crippen molar-refractivity contribution < 1.29 is 4.42 Å². The number of hydrogen-bond acceptors (Lipinski definition) is 3. The van der Waals surface area contributed by atoms with Crippen molar-refractivity contribution >= 4 is 0 Å². The number of nitrogens with zero attached hydrogens (tertiary/aromatic N) is 1. The van der Waals surface area contributed by atoms with E-state index in [1.807, 2.05) is 0 Å². The minimum absolute atomic E-state index is 0.847. The van der Waals surface area contributed by atoms with Crippen molar-refractivity contribution in [1.82, 2.24) is 10.2 Å². The first-order valence-corrected chi connectivity index (χ1v) is 7.74. The Hall–Kier alpha value is -0.800. The zero-order valence-electron chi connectivity index (χ0n) is 12.7. The first-order chi connectivity index (χ1) is 9.22. The number of furan rings is 1. The third kappa shape index (κ3) is 4.08. The summed E-state index contributed by atoms with van der Waals surface area (Å²) in [6.45, 7) is 11.8. The Bertz CT molecular complexity index is 386. The maximum Gasteiger partial charge on any atom is 0.120 e. The van der Waals surface area contributed by atoms with E-state index in [1.165, 1.54) is 37.9 Å². The molecule has 1 unspecified atom stereocenters. The largest absolute Gasteiger partial charge is 0.463 e. The van der Waals surface area contributed by atoms with Gasteiger partial charge in [-0.25, -0.2) is 0 Å². The summed E-state index contributed by atoms with van der Waals surface area (Å²) in [5, 5.41) is 3.33. The van der Waals surface area contributed by atoms with Crippen molar-refractivity contribution in [3.63, 3.8) is 0 Å². The van der Waals surface area contributed by atoms with Crippen molar-refractivity contribution in [3.05, 3.63) is 23.2 Å². The quantitative estimate of drug-likeness (QED) is 0.854. The Morgan fingerprint density at radius 1 is 1.42 bits per heavy atom. The van der Waals surface area contributed by atoms with Crippen LogP contribution >= 0.6 is 0 Å². The Morgan fingerprint density at radius 2 is 2.26 bits per heavy atom. The Balaban J connectivity index is 1.91. The molecule has 2 rings (SSSR count). The summed E-state index contributed by atoms with van der Waals surface area (Å²) >= 11 is 0. The first-order valence-electron chi connectivity index (χ1n) is 7.74. The normalized spacial score (nSPS) is 20.9. The molecule has 1 N–H and O–H groups in total. The molecule has 0 radical (unpaired) electrons. The van der Waals surface area contributed by atoms with E-state index in [0.717, 1.165) is 37.1 Å². The van der Waals surface area contributed by atoms with Crippen LogP contribution < -0.4 is 5.32 Å². The van der Waals surface area contributed by atoms with E-state index >= 15 is 0 Å². The second-order valence-electron chi connectivity index (χ2n) is 5.75.